The molecule has 0 N–H and O–H groups in total. The summed E-state index contributed by atoms with van der Waals surface area (Å²) in [5.74, 6) is 1.38. The smallest absolute Gasteiger partial charge is 0.134 e. The molecule has 0 amide bonds. The van der Waals surface area contributed by atoms with Gasteiger partial charge in [-0.25, -0.2) is 0 Å². The van der Waals surface area contributed by atoms with Crippen molar-refractivity contribution >= 4 is 0 Å². The molecule has 0 bridgehead atoms. The first-order chi connectivity index (χ1) is 8.16. The van der Waals surface area contributed by atoms with Gasteiger partial charge in [0.25, 0.3) is 0 Å². The molecule has 1 heterocycles. The van der Waals surface area contributed by atoms with Crippen LogP contribution >= 0.6 is 0 Å². The fourth-order valence-corrected chi connectivity index (χ4v) is 1.70. The van der Waals surface area contributed by atoms with E-state index < -0.39 is 0 Å². The first kappa shape index (κ1) is 11.6. The van der Waals surface area contributed by atoms with Crippen LogP contribution in [-0.2, 0) is 13.7 Å². The van der Waals surface area contributed by atoms with Gasteiger partial charge in [-0.15, -0.1) is 5.10 Å². The number of aryl methyl sites for hydroxylation is 1. The number of hydrogen-bond donors (Lipinski definition) is 0. The van der Waals surface area contributed by atoms with Crippen LogP contribution in [0.25, 0.3) is 0 Å². The molecule has 0 fully saturated rings. The Kier molecular flexibility index (Phi) is 3.42. The maximum atomic E-state index is 5.78. The average molecular weight is 231 g/mol. The van der Waals surface area contributed by atoms with Gasteiger partial charge in [0.2, 0.25) is 0 Å². The molecule has 0 unspecified atom stereocenters. The maximum absolute atomic E-state index is 5.78. The van der Waals surface area contributed by atoms with Gasteiger partial charge in [-0.1, -0.05) is 37.3 Å². The molecule has 0 aliphatic carbocycles. The van der Waals surface area contributed by atoms with Crippen LogP contribution < -0.4 is 4.74 Å². The van der Waals surface area contributed by atoms with Crippen LogP contribution in [0.1, 0.15) is 31.0 Å². The van der Waals surface area contributed by atoms with Gasteiger partial charge in [0.05, 0.1) is 6.20 Å². The standard InChI is InChI=1S/C13H17N3O/c1-10(2)12-6-4-5-7-13(12)17-9-11-8-16(3)15-14-11/h4-8,10H,9H2,1-3H3. The lowest BCUT2D eigenvalue weighted by atomic mass is 10.0. The number of aromatic nitrogens is 3. The highest BCUT2D eigenvalue weighted by atomic mass is 16.5. The third kappa shape index (κ3) is 2.84. The third-order valence-electron chi connectivity index (χ3n) is 2.57. The number of benzene rings is 1. The lowest BCUT2D eigenvalue weighted by Gasteiger charge is -2.12. The van der Waals surface area contributed by atoms with E-state index in [2.05, 4.69) is 30.2 Å². The molecule has 0 spiro atoms. The molecule has 0 atom stereocenters. The Morgan fingerprint density at radius 1 is 1.29 bits per heavy atom. The molecule has 0 aliphatic heterocycles. The van der Waals surface area contributed by atoms with E-state index in [1.165, 1.54) is 5.56 Å². The maximum Gasteiger partial charge on any atom is 0.134 e. The van der Waals surface area contributed by atoms with E-state index in [4.69, 9.17) is 4.74 Å². The van der Waals surface area contributed by atoms with Crippen molar-refractivity contribution in [2.75, 3.05) is 0 Å². The summed E-state index contributed by atoms with van der Waals surface area (Å²) < 4.78 is 7.46. The number of hydrogen-bond acceptors (Lipinski definition) is 3. The molecule has 0 radical (unpaired) electrons. The first-order valence-electron chi connectivity index (χ1n) is 5.73. The molecule has 17 heavy (non-hydrogen) atoms. The highest BCUT2D eigenvalue weighted by molar-refractivity contribution is 5.35. The zero-order valence-corrected chi connectivity index (χ0v) is 10.4. The second kappa shape index (κ2) is 4.99. The number of nitrogens with zero attached hydrogens (tertiary/aromatic N) is 3. The van der Waals surface area contributed by atoms with Crippen molar-refractivity contribution in [3.05, 3.63) is 41.7 Å². The van der Waals surface area contributed by atoms with Crippen LogP contribution in [0.2, 0.25) is 0 Å². The van der Waals surface area contributed by atoms with E-state index in [1.54, 1.807) is 4.68 Å². The molecular weight excluding hydrogens is 214 g/mol. The summed E-state index contributed by atoms with van der Waals surface area (Å²) in [5.41, 5.74) is 2.06. The molecule has 90 valence electrons. The lowest BCUT2D eigenvalue weighted by Crippen LogP contribution is -2.00. The van der Waals surface area contributed by atoms with Crippen molar-refractivity contribution < 1.29 is 4.74 Å². The number of para-hydroxylation sites is 1. The van der Waals surface area contributed by atoms with Crippen molar-refractivity contribution in [2.45, 2.75) is 26.4 Å². The van der Waals surface area contributed by atoms with Crippen LogP contribution in [0, 0.1) is 0 Å². The zero-order chi connectivity index (χ0) is 12.3. The summed E-state index contributed by atoms with van der Waals surface area (Å²) in [7, 11) is 1.85. The van der Waals surface area contributed by atoms with E-state index in [0.29, 0.717) is 12.5 Å². The Morgan fingerprint density at radius 2 is 2.06 bits per heavy atom. The van der Waals surface area contributed by atoms with Gasteiger partial charge < -0.3 is 4.74 Å². The normalized spacial score (nSPS) is 10.8. The minimum atomic E-state index is 0.452. The van der Waals surface area contributed by atoms with E-state index in [0.717, 1.165) is 11.4 Å². The summed E-state index contributed by atoms with van der Waals surface area (Å²) in [6, 6.07) is 8.10. The monoisotopic (exact) mass is 231 g/mol. The van der Waals surface area contributed by atoms with Crippen molar-refractivity contribution in [3.8, 4) is 5.75 Å². The summed E-state index contributed by atoms with van der Waals surface area (Å²) in [6.07, 6.45) is 1.86. The van der Waals surface area contributed by atoms with Crippen LogP contribution in [0.15, 0.2) is 30.5 Å². The van der Waals surface area contributed by atoms with Crippen molar-refractivity contribution in [1.29, 1.82) is 0 Å². The van der Waals surface area contributed by atoms with Gasteiger partial charge in [0.1, 0.15) is 18.1 Å². The quantitative estimate of drug-likeness (QED) is 0.811. The minimum absolute atomic E-state index is 0.452. The van der Waals surface area contributed by atoms with Gasteiger partial charge in [-0.05, 0) is 17.5 Å². The summed E-state index contributed by atoms with van der Waals surface area (Å²) >= 11 is 0. The fraction of sp³-hybridized carbons (Fsp3) is 0.385. The fourth-order valence-electron chi connectivity index (χ4n) is 1.70. The highest BCUT2D eigenvalue weighted by Crippen LogP contribution is 2.26. The van der Waals surface area contributed by atoms with Gasteiger partial charge in [0.15, 0.2) is 0 Å². The van der Waals surface area contributed by atoms with Crippen LogP contribution in [0.5, 0.6) is 5.75 Å². The van der Waals surface area contributed by atoms with Gasteiger partial charge in [-0.2, -0.15) is 0 Å². The summed E-state index contributed by atoms with van der Waals surface area (Å²) in [6.45, 7) is 4.77. The molecule has 2 aromatic rings. The molecule has 0 saturated carbocycles. The van der Waals surface area contributed by atoms with Gasteiger partial charge in [0, 0.05) is 7.05 Å². The Balaban J connectivity index is 2.08. The van der Waals surface area contributed by atoms with Gasteiger partial charge >= 0.3 is 0 Å². The molecule has 4 nitrogen and oxygen atoms in total. The molecular formula is C13H17N3O. The van der Waals surface area contributed by atoms with E-state index in [-0.39, 0.29) is 0 Å². The van der Waals surface area contributed by atoms with Crippen LogP contribution in [-0.4, -0.2) is 15.0 Å². The predicted octanol–water partition coefficient (Wildman–Crippen LogP) is 2.52. The molecule has 2 rings (SSSR count). The molecule has 4 heteroatoms. The SMILES string of the molecule is CC(C)c1ccccc1OCc1cn(C)nn1. The molecule has 0 aliphatic rings. The first-order valence-corrected chi connectivity index (χ1v) is 5.73. The van der Waals surface area contributed by atoms with E-state index in [1.807, 2.05) is 31.4 Å². The van der Waals surface area contributed by atoms with Crippen molar-refractivity contribution in [2.24, 2.45) is 7.05 Å². The minimum Gasteiger partial charge on any atom is -0.487 e. The third-order valence-corrected chi connectivity index (χ3v) is 2.57. The summed E-state index contributed by atoms with van der Waals surface area (Å²) in [4.78, 5) is 0. The zero-order valence-electron chi connectivity index (χ0n) is 10.4. The van der Waals surface area contributed by atoms with Crippen molar-refractivity contribution in [3.63, 3.8) is 0 Å². The van der Waals surface area contributed by atoms with Crippen LogP contribution in [0.3, 0.4) is 0 Å². The number of rotatable bonds is 4. The Hall–Kier alpha value is -1.84. The van der Waals surface area contributed by atoms with Crippen molar-refractivity contribution in [1.82, 2.24) is 15.0 Å². The number of ether oxygens (including phenoxy) is 1. The predicted molar refractivity (Wildman–Crippen MR) is 65.9 cm³/mol. The topological polar surface area (TPSA) is 39.9 Å². The molecule has 1 aromatic heterocycles. The molecule has 0 saturated heterocycles. The van der Waals surface area contributed by atoms with Crippen LogP contribution in [0.4, 0.5) is 0 Å². The van der Waals surface area contributed by atoms with E-state index in [9.17, 15) is 0 Å². The largest absolute Gasteiger partial charge is 0.487 e. The highest BCUT2D eigenvalue weighted by Gasteiger charge is 2.07. The van der Waals surface area contributed by atoms with E-state index >= 15 is 0 Å². The second-order valence-corrected chi connectivity index (χ2v) is 4.36. The lowest BCUT2D eigenvalue weighted by molar-refractivity contribution is 0.297. The summed E-state index contributed by atoms with van der Waals surface area (Å²) in [5, 5.41) is 7.87. The Labute approximate surface area is 101 Å². The second-order valence-electron chi connectivity index (χ2n) is 4.36. The Bertz CT molecular complexity index is 491. The Morgan fingerprint density at radius 3 is 2.71 bits per heavy atom. The van der Waals surface area contributed by atoms with Gasteiger partial charge in [-0.3, -0.25) is 4.68 Å². The average Bonchev–Trinajstić information content (AvgIpc) is 2.73. The molecule has 1 aromatic carbocycles.